The van der Waals surface area contributed by atoms with Gasteiger partial charge >= 0.3 is 0 Å². The van der Waals surface area contributed by atoms with E-state index >= 15 is 0 Å². The van der Waals surface area contributed by atoms with E-state index in [4.69, 9.17) is 11.5 Å². The smallest absolute Gasteiger partial charge is 0.135 e. The molecule has 0 saturated heterocycles. The summed E-state index contributed by atoms with van der Waals surface area (Å²) in [6, 6.07) is 3.50. The lowest BCUT2D eigenvalue weighted by Crippen LogP contribution is -2.27. The summed E-state index contributed by atoms with van der Waals surface area (Å²) < 4.78 is 30.0. The molecule has 0 radical (unpaired) electrons. The molecule has 0 fully saturated rings. The lowest BCUT2D eigenvalue weighted by molar-refractivity contribution is 0.576. The van der Waals surface area contributed by atoms with Crippen LogP contribution >= 0.6 is 12.8 Å². The summed E-state index contributed by atoms with van der Waals surface area (Å²) >= 11 is 4.03. The number of allylic oxidation sites excluding steroid dienone is 2. The Kier molecular flexibility index (Phi) is 7.25. The van der Waals surface area contributed by atoms with Crippen LogP contribution in [-0.4, -0.2) is 6.04 Å². The third-order valence-electron chi connectivity index (χ3n) is 3.11. The molecule has 0 aliphatic rings. The Labute approximate surface area is 129 Å². The Morgan fingerprint density at radius 1 is 1.29 bits per heavy atom. The van der Waals surface area contributed by atoms with Crippen molar-refractivity contribution >= 4 is 18.5 Å². The molecule has 116 valence electrons. The summed E-state index contributed by atoms with van der Waals surface area (Å²) in [5, 5.41) is 0. The molecule has 0 aliphatic heterocycles. The first kappa shape index (κ1) is 17.5. The van der Waals surface area contributed by atoms with Gasteiger partial charge in [0.1, 0.15) is 11.6 Å². The van der Waals surface area contributed by atoms with Gasteiger partial charge in [-0.05, 0) is 30.7 Å². The van der Waals surface area contributed by atoms with Crippen molar-refractivity contribution < 1.29 is 8.78 Å². The van der Waals surface area contributed by atoms with Crippen LogP contribution in [0.5, 0.6) is 0 Å². The van der Waals surface area contributed by atoms with Gasteiger partial charge in [0.15, 0.2) is 0 Å². The van der Waals surface area contributed by atoms with Crippen molar-refractivity contribution in [2.75, 3.05) is 0 Å². The third kappa shape index (κ3) is 5.06. The highest BCUT2D eigenvalue weighted by Crippen LogP contribution is 2.18. The van der Waals surface area contributed by atoms with Crippen molar-refractivity contribution in [3.63, 3.8) is 0 Å². The monoisotopic (exact) mass is 313 g/mol. The van der Waals surface area contributed by atoms with Crippen molar-refractivity contribution in [3.05, 3.63) is 53.2 Å². The summed E-state index contributed by atoms with van der Waals surface area (Å²) in [4.78, 5) is 0. The van der Waals surface area contributed by atoms with E-state index in [1.807, 2.05) is 0 Å². The second-order valence-corrected chi connectivity index (χ2v) is 4.97. The van der Waals surface area contributed by atoms with E-state index in [0.717, 1.165) is 31.4 Å². The van der Waals surface area contributed by atoms with Crippen LogP contribution < -0.4 is 16.2 Å². The summed E-state index contributed by atoms with van der Waals surface area (Å²) in [5.41, 5.74) is 11.9. The predicted octanol–water partition coefficient (Wildman–Crippen LogP) is 3.10. The van der Waals surface area contributed by atoms with Crippen LogP contribution in [0.1, 0.15) is 31.7 Å². The van der Waals surface area contributed by atoms with E-state index in [1.165, 1.54) is 12.1 Å². The maximum Gasteiger partial charge on any atom is 0.135 e. The summed E-state index contributed by atoms with van der Waals surface area (Å²) in [6.07, 6.45) is 5.81. The highest BCUT2D eigenvalue weighted by Gasteiger charge is 2.11. The zero-order valence-corrected chi connectivity index (χ0v) is 12.8. The van der Waals surface area contributed by atoms with E-state index in [1.54, 1.807) is 6.08 Å². The van der Waals surface area contributed by atoms with E-state index < -0.39 is 11.6 Å². The fourth-order valence-corrected chi connectivity index (χ4v) is 2.15. The summed E-state index contributed by atoms with van der Waals surface area (Å²) in [6.45, 7) is 2.08. The van der Waals surface area contributed by atoms with E-state index in [2.05, 4.69) is 24.5 Å². The summed E-state index contributed by atoms with van der Waals surface area (Å²) in [7, 11) is 0. The predicted molar refractivity (Wildman–Crippen MR) is 86.2 cm³/mol. The molecule has 1 atom stereocenters. The number of nitrogens with two attached hydrogens (primary N) is 2. The molecule has 0 saturated carbocycles. The lowest BCUT2D eigenvalue weighted by Gasteiger charge is -2.15. The second kappa shape index (κ2) is 8.69. The SMILES string of the molecule is CCCCC(NS)/C(N)=C/C=C(\N)c1c(F)cccc1F. The highest BCUT2D eigenvalue weighted by molar-refractivity contribution is 7.78. The first-order chi connectivity index (χ1) is 10.0. The Bertz CT molecular complexity index is 509. The third-order valence-corrected chi connectivity index (χ3v) is 3.42. The molecule has 21 heavy (non-hydrogen) atoms. The number of hydrogen-bond acceptors (Lipinski definition) is 4. The van der Waals surface area contributed by atoms with Gasteiger partial charge in [0.05, 0.1) is 11.6 Å². The second-order valence-electron chi connectivity index (χ2n) is 4.71. The Morgan fingerprint density at radius 3 is 2.43 bits per heavy atom. The van der Waals surface area contributed by atoms with Crippen LogP contribution in [0.15, 0.2) is 36.0 Å². The number of rotatable bonds is 7. The van der Waals surface area contributed by atoms with Crippen molar-refractivity contribution in [2.45, 2.75) is 32.2 Å². The Hall–Kier alpha value is -1.53. The fraction of sp³-hybridized carbons (Fsp3) is 0.333. The Balaban J connectivity index is 2.93. The van der Waals surface area contributed by atoms with Crippen LogP contribution in [0.25, 0.3) is 5.70 Å². The molecule has 6 heteroatoms. The van der Waals surface area contributed by atoms with Gasteiger partial charge in [-0.1, -0.05) is 38.6 Å². The van der Waals surface area contributed by atoms with Gasteiger partial charge in [-0.3, -0.25) is 4.72 Å². The molecule has 3 nitrogen and oxygen atoms in total. The van der Waals surface area contributed by atoms with Gasteiger partial charge in [-0.15, -0.1) is 0 Å². The Morgan fingerprint density at radius 2 is 1.90 bits per heavy atom. The minimum absolute atomic E-state index is 0.0121. The standard InChI is InChI=1S/C15H21F2N3S/c1-2-3-7-14(20-21)12(18)8-9-13(19)15-10(16)5-4-6-11(15)17/h4-6,8-9,14,20-21H,2-3,7,18-19H2,1H3/b12-8-,13-9-. The summed E-state index contributed by atoms with van der Waals surface area (Å²) in [5.74, 6) is -1.41. The zero-order valence-electron chi connectivity index (χ0n) is 11.9. The van der Waals surface area contributed by atoms with Gasteiger partial charge in [-0.2, -0.15) is 0 Å². The molecular formula is C15H21F2N3S. The van der Waals surface area contributed by atoms with Crippen LogP contribution in [-0.2, 0) is 0 Å². The van der Waals surface area contributed by atoms with Gasteiger partial charge in [0, 0.05) is 11.4 Å². The first-order valence-electron chi connectivity index (χ1n) is 6.78. The highest BCUT2D eigenvalue weighted by atomic mass is 32.1. The number of nitrogens with one attached hydrogen (secondary N) is 1. The first-order valence-corrected chi connectivity index (χ1v) is 7.22. The molecule has 1 aromatic rings. The van der Waals surface area contributed by atoms with Crippen molar-refractivity contribution in [1.29, 1.82) is 0 Å². The number of benzene rings is 1. The molecule has 0 amide bonds. The van der Waals surface area contributed by atoms with Crippen LogP contribution in [0.4, 0.5) is 8.78 Å². The molecule has 1 unspecified atom stereocenters. The average Bonchev–Trinajstić information content (AvgIpc) is 2.45. The largest absolute Gasteiger partial charge is 0.401 e. The zero-order chi connectivity index (χ0) is 15.8. The minimum Gasteiger partial charge on any atom is -0.401 e. The molecule has 0 aromatic heterocycles. The van der Waals surface area contributed by atoms with Crippen LogP contribution in [0, 0.1) is 11.6 Å². The van der Waals surface area contributed by atoms with E-state index in [-0.39, 0.29) is 17.3 Å². The van der Waals surface area contributed by atoms with Gasteiger partial charge in [0.2, 0.25) is 0 Å². The van der Waals surface area contributed by atoms with E-state index in [0.29, 0.717) is 5.70 Å². The number of halogens is 2. The quantitative estimate of drug-likeness (QED) is 0.462. The molecule has 0 spiro atoms. The molecule has 0 bridgehead atoms. The molecule has 1 rings (SSSR count). The molecule has 1 aromatic carbocycles. The normalized spacial score (nSPS) is 14.3. The number of hydrogen-bond donors (Lipinski definition) is 4. The fourth-order valence-electron chi connectivity index (χ4n) is 1.87. The van der Waals surface area contributed by atoms with Crippen molar-refractivity contribution in [3.8, 4) is 0 Å². The minimum atomic E-state index is -0.703. The topological polar surface area (TPSA) is 64.1 Å². The van der Waals surface area contributed by atoms with Gasteiger partial charge in [-0.25, -0.2) is 8.78 Å². The van der Waals surface area contributed by atoms with Crippen molar-refractivity contribution in [2.24, 2.45) is 11.5 Å². The molecule has 0 heterocycles. The average molecular weight is 313 g/mol. The lowest BCUT2D eigenvalue weighted by atomic mass is 10.1. The van der Waals surface area contributed by atoms with Gasteiger partial charge < -0.3 is 11.5 Å². The number of unbranched alkanes of at least 4 members (excludes halogenated alkanes) is 1. The maximum absolute atomic E-state index is 13.6. The number of thiol groups is 1. The maximum atomic E-state index is 13.6. The molecular weight excluding hydrogens is 292 g/mol. The molecule has 0 aliphatic carbocycles. The van der Waals surface area contributed by atoms with E-state index in [9.17, 15) is 8.78 Å². The van der Waals surface area contributed by atoms with Crippen molar-refractivity contribution in [1.82, 2.24) is 4.72 Å². The van der Waals surface area contributed by atoms with Crippen LogP contribution in [0.3, 0.4) is 0 Å². The molecule has 5 N–H and O–H groups in total. The van der Waals surface area contributed by atoms with Gasteiger partial charge in [0.25, 0.3) is 0 Å². The van der Waals surface area contributed by atoms with Crippen LogP contribution in [0.2, 0.25) is 0 Å².